The molecular weight excluding hydrogens is 550 g/mol. The monoisotopic (exact) mass is 583 g/mol. The van der Waals surface area contributed by atoms with Gasteiger partial charge in [-0.2, -0.15) is 0 Å². The van der Waals surface area contributed by atoms with Gasteiger partial charge in [-0.05, 0) is 24.3 Å². The first kappa shape index (κ1) is 30.4. The van der Waals surface area contributed by atoms with Crippen LogP contribution in [0, 0.1) is 23.7 Å². The van der Waals surface area contributed by atoms with Gasteiger partial charge in [0, 0.05) is 28.4 Å². The number of rotatable bonds is 4. The van der Waals surface area contributed by atoms with E-state index in [0.717, 1.165) is 21.8 Å². The summed E-state index contributed by atoms with van der Waals surface area (Å²) in [5.74, 6) is 11.4. The number of aromatic nitrogens is 1. The molecule has 1 aromatic heterocycles. The zero-order valence-corrected chi connectivity index (χ0v) is 22.4. The molecule has 2 saturated heterocycles. The lowest BCUT2D eigenvalue weighted by molar-refractivity contribution is -0.214. The third-order valence-electron chi connectivity index (χ3n) is 7.69. The van der Waals surface area contributed by atoms with Crippen molar-refractivity contribution in [2.45, 2.75) is 67.6 Å². The van der Waals surface area contributed by atoms with Crippen molar-refractivity contribution < 1.29 is 55.4 Å². The average Bonchev–Trinajstić information content (AvgIpc) is 3.30. The molecule has 0 unspecified atom stereocenters. The van der Waals surface area contributed by atoms with Crippen molar-refractivity contribution in [2.24, 2.45) is 0 Å². The van der Waals surface area contributed by atoms with Crippen molar-refractivity contribution in [3.8, 4) is 23.7 Å². The van der Waals surface area contributed by atoms with Gasteiger partial charge in [-0.3, -0.25) is 0 Å². The highest BCUT2D eigenvalue weighted by molar-refractivity contribution is 6.08. The lowest BCUT2D eigenvalue weighted by atomic mass is 9.95. The second kappa shape index (κ2) is 12.7. The first-order valence-corrected chi connectivity index (χ1v) is 13.5. The molecule has 0 radical (unpaired) electrons. The van der Waals surface area contributed by atoms with E-state index in [4.69, 9.17) is 9.47 Å². The van der Waals surface area contributed by atoms with Crippen molar-refractivity contribution in [2.75, 3.05) is 19.8 Å². The third kappa shape index (κ3) is 5.64. The summed E-state index contributed by atoms with van der Waals surface area (Å²) >= 11 is 0. The van der Waals surface area contributed by atoms with Gasteiger partial charge in [0.15, 0.2) is 0 Å². The maximum absolute atomic E-state index is 10.3. The van der Waals surface area contributed by atoms with E-state index in [2.05, 4.69) is 23.7 Å². The Hall–Kier alpha value is -3.08. The van der Waals surface area contributed by atoms with Crippen LogP contribution >= 0.6 is 0 Å². The smallest absolute Gasteiger partial charge is 0.147 e. The minimum atomic E-state index is -1.53. The fourth-order valence-corrected chi connectivity index (χ4v) is 5.34. The molecule has 12 heteroatoms. The van der Waals surface area contributed by atoms with Crippen LogP contribution in [-0.2, 0) is 16.0 Å². The fraction of sp³-hybridized carbons (Fsp3) is 0.467. The minimum Gasteiger partial charge on any atom is -0.395 e. The second-order valence-electron chi connectivity index (χ2n) is 10.4. The number of ether oxygens (including phenoxy) is 2. The quantitative estimate of drug-likeness (QED) is 0.143. The molecule has 0 spiro atoms. The van der Waals surface area contributed by atoms with Crippen LogP contribution in [0.15, 0.2) is 36.4 Å². The van der Waals surface area contributed by atoms with Gasteiger partial charge in [-0.15, -0.1) is 0 Å². The van der Waals surface area contributed by atoms with E-state index in [0.29, 0.717) is 11.1 Å². The maximum atomic E-state index is 10.3. The molecule has 3 aromatic rings. The Morgan fingerprint density at radius 3 is 1.40 bits per heavy atom. The molecule has 2 aromatic carbocycles. The van der Waals surface area contributed by atoms with Crippen LogP contribution in [0.5, 0.6) is 0 Å². The summed E-state index contributed by atoms with van der Waals surface area (Å²) in [6.07, 6.45) is -13.3. The first-order chi connectivity index (χ1) is 20.2. The Balaban J connectivity index is 1.47. The largest absolute Gasteiger partial charge is 0.395 e. The summed E-state index contributed by atoms with van der Waals surface area (Å²) in [5, 5.41) is 90.9. The zero-order chi connectivity index (χ0) is 30.1. The van der Waals surface area contributed by atoms with Crippen LogP contribution in [0.25, 0.3) is 21.8 Å². The predicted molar refractivity (Wildman–Crippen MR) is 148 cm³/mol. The number of aliphatic hydroxyl groups excluding tert-OH is 9. The summed E-state index contributed by atoms with van der Waals surface area (Å²) in [6.45, 7) is -0.996. The van der Waals surface area contributed by atoms with Gasteiger partial charge in [0.1, 0.15) is 61.0 Å². The fourth-order valence-electron chi connectivity index (χ4n) is 5.34. The van der Waals surface area contributed by atoms with Gasteiger partial charge in [-0.1, -0.05) is 35.8 Å². The molecule has 2 aliphatic heterocycles. The normalized spacial score (nSPS) is 33.2. The Morgan fingerprint density at radius 1 is 0.595 bits per heavy atom. The Labute approximate surface area is 240 Å². The molecule has 0 saturated carbocycles. The molecule has 0 aliphatic carbocycles. The molecule has 2 fully saturated rings. The molecule has 2 aliphatic rings. The van der Waals surface area contributed by atoms with Gasteiger partial charge in [0.05, 0.1) is 30.9 Å². The van der Waals surface area contributed by atoms with Crippen LogP contribution in [0.4, 0.5) is 0 Å². The highest BCUT2D eigenvalue weighted by Crippen LogP contribution is 2.31. The number of hydrogen-bond acceptors (Lipinski definition) is 11. The Morgan fingerprint density at radius 2 is 1.02 bits per heavy atom. The zero-order valence-electron chi connectivity index (χ0n) is 22.4. The SMILES string of the molecule is OCCn1c2cc(C#C[C@H]3O[C@H](CO)[C@@H](O)[C@H](O)[C@H]3O)ccc2c2ccc(C#C[C@H]3O[C@H](CO)[C@@H](O)[C@H](O)[C@@H]3O)cc21. The van der Waals surface area contributed by atoms with Crippen LogP contribution in [0.2, 0.25) is 0 Å². The van der Waals surface area contributed by atoms with E-state index in [1.807, 2.05) is 16.7 Å². The van der Waals surface area contributed by atoms with E-state index >= 15 is 0 Å². The molecule has 12 nitrogen and oxygen atoms in total. The van der Waals surface area contributed by atoms with Crippen molar-refractivity contribution in [3.05, 3.63) is 47.5 Å². The lowest BCUT2D eigenvalue weighted by Gasteiger charge is -2.37. The predicted octanol–water partition coefficient (Wildman–Crippen LogP) is -2.83. The summed E-state index contributed by atoms with van der Waals surface area (Å²) in [4.78, 5) is 0. The molecule has 224 valence electrons. The topological polar surface area (TPSA) is 205 Å². The lowest BCUT2D eigenvalue weighted by Crippen LogP contribution is -2.58. The van der Waals surface area contributed by atoms with E-state index in [1.54, 1.807) is 24.3 Å². The average molecular weight is 584 g/mol. The standard InChI is InChI=1S/C30H33NO11/c32-10-9-31-19-11-15(3-7-21-25(35)29(39)27(37)23(13-33)41-21)1-5-17(19)18-6-2-16(12-20(18)31)4-8-22-26(36)30(40)28(38)24(14-34)42-22/h1-2,5-6,11-12,21-30,32-40H,9-10,13-14H2/t21-,22-,23-,24-,25-,26+,27-,28-,29-,30-/m1/s1. The van der Waals surface area contributed by atoms with Crippen LogP contribution < -0.4 is 0 Å². The highest BCUT2D eigenvalue weighted by Gasteiger charge is 2.43. The molecule has 5 rings (SSSR count). The van der Waals surface area contributed by atoms with Gasteiger partial charge in [0.25, 0.3) is 0 Å². The molecule has 42 heavy (non-hydrogen) atoms. The van der Waals surface area contributed by atoms with Crippen LogP contribution in [0.3, 0.4) is 0 Å². The summed E-state index contributed by atoms with van der Waals surface area (Å²) in [5.41, 5.74) is 2.64. The number of nitrogens with zero attached hydrogens (tertiary/aromatic N) is 1. The van der Waals surface area contributed by atoms with E-state index in [-0.39, 0.29) is 13.2 Å². The number of benzene rings is 2. The van der Waals surface area contributed by atoms with E-state index in [9.17, 15) is 46.0 Å². The van der Waals surface area contributed by atoms with Crippen molar-refractivity contribution >= 4 is 21.8 Å². The minimum absolute atomic E-state index is 0.152. The highest BCUT2D eigenvalue weighted by atomic mass is 16.5. The Kier molecular flexibility index (Phi) is 9.15. The van der Waals surface area contributed by atoms with E-state index in [1.165, 1.54) is 0 Å². The second-order valence-corrected chi connectivity index (χ2v) is 10.4. The van der Waals surface area contributed by atoms with E-state index < -0.39 is 74.3 Å². The summed E-state index contributed by atoms with van der Waals surface area (Å²) in [7, 11) is 0. The first-order valence-electron chi connectivity index (χ1n) is 13.5. The number of hydrogen-bond donors (Lipinski definition) is 9. The third-order valence-corrected chi connectivity index (χ3v) is 7.69. The van der Waals surface area contributed by atoms with Crippen molar-refractivity contribution in [3.63, 3.8) is 0 Å². The van der Waals surface area contributed by atoms with Crippen molar-refractivity contribution in [1.82, 2.24) is 4.57 Å². The van der Waals surface area contributed by atoms with Gasteiger partial charge >= 0.3 is 0 Å². The number of fused-ring (bicyclic) bond motifs is 3. The molecular formula is C30H33NO11. The van der Waals surface area contributed by atoms with Gasteiger partial charge in [0.2, 0.25) is 0 Å². The van der Waals surface area contributed by atoms with Gasteiger partial charge in [-0.25, -0.2) is 0 Å². The molecule has 0 bridgehead atoms. The molecule has 3 heterocycles. The summed E-state index contributed by atoms with van der Waals surface area (Å²) in [6, 6.07) is 10.9. The van der Waals surface area contributed by atoms with Crippen LogP contribution in [-0.4, -0.2) is 131 Å². The molecule has 0 amide bonds. The maximum Gasteiger partial charge on any atom is 0.147 e. The number of aliphatic hydroxyl groups is 9. The molecule has 10 atom stereocenters. The van der Waals surface area contributed by atoms with Gasteiger partial charge < -0.3 is 60.0 Å². The molecule has 9 N–H and O–H groups in total. The summed E-state index contributed by atoms with van der Waals surface area (Å²) < 4.78 is 12.8. The Bertz CT molecular complexity index is 1430. The van der Waals surface area contributed by atoms with Crippen molar-refractivity contribution in [1.29, 1.82) is 0 Å². The van der Waals surface area contributed by atoms with Crippen LogP contribution in [0.1, 0.15) is 11.1 Å².